The smallest absolute Gasteiger partial charge is 0.340 e. The Bertz CT molecular complexity index is 1140. The monoisotopic (exact) mass is 374 g/mol. The molecule has 0 spiro atoms. The molecular weight excluding hydrogens is 352 g/mol. The predicted molar refractivity (Wildman–Crippen MR) is 114 cm³/mol. The zero-order valence-corrected chi connectivity index (χ0v) is 15.9. The molecular formula is C23H22N2O3. The van der Waals surface area contributed by atoms with Crippen molar-refractivity contribution in [3.8, 4) is 5.75 Å². The molecule has 3 rings (SSSR count). The summed E-state index contributed by atoms with van der Waals surface area (Å²) in [6.45, 7) is 7.55. The largest absolute Gasteiger partial charge is 0.440 e. The lowest BCUT2D eigenvalue weighted by atomic mass is 9.99. The molecule has 5 heteroatoms. The Morgan fingerprint density at radius 3 is 2.82 bits per heavy atom. The number of nitrogens with two attached hydrogens (primary N) is 1. The van der Waals surface area contributed by atoms with Gasteiger partial charge in [-0.15, -0.1) is 0 Å². The second kappa shape index (κ2) is 8.39. The maximum absolute atomic E-state index is 12.6. The first-order valence-corrected chi connectivity index (χ1v) is 8.91. The second-order valence-corrected chi connectivity index (χ2v) is 6.33. The maximum Gasteiger partial charge on any atom is 0.340 e. The van der Waals surface area contributed by atoms with Crippen molar-refractivity contribution in [3.63, 3.8) is 0 Å². The summed E-state index contributed by atoms with van der Waals surface area (Å²) in [6, 6.07) is 12.8. The van der Waals surface area contributed by atoms with Crippen molar-refractivity contribution in [1.29, 1.82) is 0 Å². The number of hydrogen-bond acceptors (Lipinski definition) is 5. The van der Waals surface area contributed by atoms with Crippen molar-refractivity contribution in [2.75, 3.05) is 5.73 Å². The lowest BCUT2D eigenvalue weighted by Crippen LogP contribution is -2.11. The van der Waals surface area contributed by atoms with E-state index in [1.54, 1.807) is 24.4 Å². The van der Waals surface area contributed by atoms with Gasteiger partial charge in [0.05, 0.1) is 0 Å². The molecule has 0 amide bonds. The van der Waals surface area contributed by atoms with E-state index in [0.717, 1.165) is 16.5 Å². The van der Waals surface area contributed by atoms with E-state index in [-0.39, 0.29) is 11.5 Å². The molecule has 0 saturated heterocycles. The van der Waals surface area contributed by atoms with Crippen LogP contribution in [0.2, 0.25) is 0 Å². The van der Waals surface area contributed by atoms with E-state index in [1.807, 2.05) is 50.3 Å². The number of benzene rings is 2. The molecule has 0 aliphatic carbocycles. The normalized spacial score (nSPS) is 11.5. The number of nitrogen functional groups attached to an aromatic ring is 1. The molecule has 2 N–H and O–H groups in total. The van der Waals surface area contributed by atoms with Crippen LogP contribution in [-0.2, 0) is 6.42 Å². The average molecular weight is 374 g/mol. The lowest BCUT2D eigenvalue weighted by molar-refractivity contribution is 0.423. The van der Waals surface area contributed by atoms with Crippen molar-refractivity contribution in [1.82, 2.24) is 0 Å². The summed E-state index contributed by atoms with van der Waals surface area (Å²) >= 11 is 0. The third-order valence-corrected chi connectivity index (χ3v) is 4.41. The summed E-state index contributed by atoms with van der Waals surface area (Å²) < 4.78 is 11.1. The van der Waals surface area contributed by atoms with Gasteiger partial charge in [-0.2, -0.15) is 0 Å². The van der Waals surface area contributed by atoms with E-state index in [2.05, 4.69) is 11.6 Å². The Labute approximate surface area is 163 Å². The number of aliphatic imine (C=N–C) groups is 1. The number of para-hydroxylation sites is 1. The fourth-order valence-corrected chi connectivity index (χ4v) is 2.90. The number of allylic oxidation sites excluding steroid dienone is 2. The quantitative estimate of drug-likeness (QED) is 0.292. The molecule has 0 saturated carbocycles. The molecule has 1 heterocycles. The van der Waals surface area contributed by atoms with Crippen LogP contribution in [0.25, 0.3) is 11.0 Å². The minimum Gasteiger partial charge on any atom is -0.440 e. The highest BCUT2D eigenvalue weighted by atomic mass is 16.5. The number of anilines is 1. The average Bonchev–Trinajstić information content (AvgIpc) is 2.66. The molecule has 28 heavy (non-hydrogen) atoms. The Kier molecular flexibility index (Phi) is 5.75. The van der Waals surface area contributed by atoms with Gasteiger partial charge in [-0.3, -0.25) is 0 Å². The minimum atomic E-state index is -0.379. The molecule has 5 nitrogen and oxygen atoms in total. The Balaban J connectivity index is 1.93. The number of aryl methyl sites for hydroxylation is 1. The molecule has 0 atom stereocenters. The van der Waals surface area contributed by atoms with Crippen molar-refractivity contribution < 1.29 is 9.15 Å². The summed E-state index contributed by atoms with van der Waals surface area (Å²) in [4.78, 5) is 16.6. The van der Waals surface area contributed by atoms with Crippen molar-refractivity contribution in [3.05, 3.63) is 94.2 Å². The third kappa shape index (κ3) is 4.20. The van der Waals surface area contributed by atoms with Gasteiger partial charge in [0.25, 0.3) is 0 Å². The van der Waals surface area contributed by atoms with Gasteiger partial charge in [0.2, 0.25) is 5.88 Å². The summed E-state index contributed by atoms with van der Waals surface area (Å²) in [6.07, 6.45) is 5.64. The Hall–Kier alpha value is -3.60. The van der Waals surface area contributed by atoms with Gasteiger partial charge in [-0.25, -0.2) is 9.79 Å². The summed E-state index contributed by atoms with van der Waals surface area (Å²) in [7, 11) is 0. The fraction of sp³-hybridized carbons (Fsp3) is 0.130. The molecule has 1 aromatic heterocycles. The Morgan fingerprint density at radius 1 is 1.29 bits per heavy atom. The molecule has 0 fully saturated rings. The molecule has 2 aromatic carbocycles. The lowest BCUT2D eigenvalue weighted by Gasteiger charge is -2.11. The van der Waals surface area contributed by atoms with Crippen LogP contribution >= 0.6 is 0 Å². The van der Waals surface area contributed by atoms with Crippen molar-refractivity contribution in [2.45, 2.75) is 20.3 Å². The van der Waals surface area contributed by atoms with E-state index in [4.69, 9.17) is 14.9 Å². The molecule has 0 aliphatic rings. The van der Waals surface area contributed by atoms with E-state index < -0.39 is 0 Å². The zero-order chi connectivity index (χ0) is 20.1. The van der Waals surface area contributed by atoms with Crippen LogP contribution in [0.3, 0.4) is 0 Å². The SMILES string of the molecule is C=C(/N=C\C=C/C)Oc1ccc2c(C)c(Cc3ccccc3N)c(=O)oc2c1. The van der Waals surface area contributed by atoms with Crippen LogP contribution in [0, 0.1) is 6.92 Å². The third-order valence-electron chi connectivity index (χ3n) is 4.41. The maximum atomic E-state index is 12.6. The standard InChI is InChI=1S/C23H22N2O3/c1-4-5-12-25-16(3)27-18-10-11-19-15(2)20(23(26)28-22(19)14-18)13-17-8-6-7-9-21(17)24/h4-12,14H,3,13,24H2,1-2H3/b5-4-,25-12-. The molecule has 3 aromatic rings. The van der Waals surface area contributed by atoms with Gasteiger partial charge in [0.1, 0.15) is 11.3 Å². The van der Waals surface area contributed by atoms with E-state index in [1.165, 1.54) is 0 Å². The van der Waals surface area contributed by atoms with E-state index in [9.17, 15) is 4.79 Å². The van der Waals surface area contributed by atoms with Crippen molar-refractivity contribution >= 4 is 22.9 Å². The van der Waals surface area contributed by atoms with Crippen LogP contribution < -0.4 is 16.1 Å². The highest BCUT2D eigenvalue weighted by Gasteiger charge is 2.14. The summed E-state index contributed by atoms with van der Waals surface area (Å²) in [5, 5.41) is 0.847. The van der Waals surface area contributed by atoms with E-state index in [0.29, 0.717) is 29.0 Å². The van der Waals surface area contributed by atoms with Crippen LogP contribution in [0.5, 0.6) is 5.75 Å². The van der Waals surface area contributed by atoms with E-state index >= 15 is 0 Å². The highest BCUT2D eigenvalue weighted by Crippen LogP contribution is 2.26. The van der Waals surface area contributed by atoms with Crippen molar-refractivity contribution in [2.24, 2.45) is 4.99 Å². The van der Waals surface area contributed by atoms with Crippen LogP contribution in [0.15, 0.2) is 81.3 Å². The molecule has 0 aliphatic heterocycles. The van der Waals surface area contributed by atoms with Gasteiger partial charge in [-0.1, -0.05) is 24.3 Å². The molecule has 142 valence electrons. The van der Waals surface area contributed by atoms with Gasteiger partial charge in [0, 0.05) is 35.3 Å². The highest BCUT2D eigenvalue weighted by molar-refractivity contribution is 5.82. The molecule has 0 bridgehead atoms. The van der Waals surface area contributed by atoms with Gasteiger partial charge < -0.3 is 14.9 Å². The summed E-state index contributed by atoms with van der Waals surface area (Å²) in [5.41, 5.74) is 9.11. The number of nitrogens with zero attached hydrogens (tertiary/aromatic N) is 1. The first-order valence-electron chi connectivity index (χ1n) is 8.91. The van der Waals surface area contributed by atoms with Crippen LogP contribution in [0.4, 0.5) is 5.69 Å². The molecule has 0 radical (unpaired) electrons. The predicted octanol–water partition coefficient (Wildman–Crippen LogP) is 4.77. The fourth-order valence-electron chi connectivity index (χ4n) is 2.90. The second-order valence-electron chi connectivity index (χ2n) is 6.33. The number of fused-ring (bicyclic) bond motifs is 1. The Morgan fingerprint density at radius 2 is 2.07 bits per heavy atom. The first-order chi connectivity index (χ1) is 13.5. The molecule has 0 unspecified atom stereocenters. The van der Waals surface area contributed by atoms with Crippen LogP contribution in [-0.4, -0.2) is 6.21 Å². The van der Waals surface area contributed by atoms with Crippen LogP contribution in [0.1, 0.15) is 23.6 Å². The number of rotatable bonds is 6. The summed E-state index contributed by atoms with van der Waals surface area (Å²) in [5.74, 6) is 0.741. The zero-order valence-electron chi connectivity index (χ0n) is 15.9. The minimum absolute atomic E-state index is 0.243. The first kappa shape index (κ1) is 19.2. The topological polar surface area (TPSA) is 77.8 Å². The van der Waals surface area contributed by atoms with Gasteiger partial charge in [-0.05, 0) is 55.8 Å². The number of ether oxygens (including phenoxy) is 1. The van der Waals surface area contributed by atoms with Gasteiger partial charge in [0.15, 0.2) is 0 Å². The number of hydrogen-bond donors (Lipinski definition) is 1. The van der Waals surface area contributed by atoms with Gasteiger partial charge >= 0.3 is 5.63 Å².